The van der Waals surface area contributed by atoms with Gasteiger partial charge in [-0.25, -0.2) is 4.98 Å². The lowest BCUT2D eigenvalue weighted by molar-refractivity contribution is 0.102. The van der Waals surface area contributed by atoms with Gasteiger partial charge in [-0.15, -0.1) is 11.3 Å². The molecule has 2 aromatic carbocycles. The number of pyridine rings is 1. The number of amides is 1. The second-order valence-corrected chi connectivity index (χ2v) is 6.20. The topological polar surface area (TPSA) is 54.9 Å². The number of fused-ring (bicyclic) bond motifs is 2. The lowest BCUT2D eigenvalue weighted by Gasteiger charge is -2.10. The Balaban J connectivity index is 1.73. The van der Waals surface area contributed by atoms with E-state index in [1.165, 1.54) is 11.3 Å². The average Bonchev–Trinajstić information content (AvgIpc) is 3.02. The standard InChI is InChI=1S/C18H13N3OS/c1-11-8-16(13-4-2-3-5-14(13)20-11)21-18(22)12-6-7-15-17(9-12)23-10-19-15/h2-10H,1H3,(H,20,21,22). The molecule has 4 rings (SSSR count). The third kappa shape index (κ3) is 2.55. The van der Waals surface area contributed by atoms with Crippen molar-refractivity contribution in [2.45, 2.75) is 6.92 Å². The number of aromatic nitrogens is 2. The molecule has 0 aliphatic heterocycles. The largest absolute Gasteiger partial charge is 0.321 e. The molecule has 0 fully saturated rings. The van der Waals surface area contributed by atoms with Gasteiger partial charge in [0.2, 0.25) is 0 Å². The number of benzene rings is 2. The van der Waals surface area contributed by atoms with Crippen LogP contribution in [0, 0.1) is 6.92 Å². The van der Waals surface area contributed by atoms with Crippen molar-refractivity contribution in [3.63, 3.8) is 0 Å². The minimum Gasteiger partial charge on any atom is -0.321 e. The predicted molar refractivity (Wildman–Crippen MR) is 94.1 cm³/mol. The molecule has 1 N–H and O–H groups in total. The van der Waals surface area contributed by atoms with Crippen molar-refractivity contribution in [1.29, 1.82) is 0 Å². The zero-order chi connectivity index (χ0) is 15.8. The predicted octanol–water partition coefficient (Wildman–Crippen LogP) is 4.41. The molecular weight excluding hydrogens is 306 g/mol. The summed E-state index contributed by atoms with van der Waals surface area (Å²) in [4.78, 5) is 21.3. The second kappa shape index (κ2) is 5.44. The average molecular weight is 319 g/mol. The molecule has 5 heteroatoms. The molecule has 0 unspecified atom stereocenters. The highest BCUT2D eigenvalue weighted by molar-refractivity contribution is 7.16. The number of nitrogens with one attached hydrogen (secondary N) is 1. The molecule has 1 amide bonds. The van der Waals surface area contributed by atoms with Crippen molar-refractivity contribution >= 4 is 44.1 Å². The van der Waals surface area contributed by atoms with Gasteiger partial charge < -0.3 is 5.32 Å². The number of carbonyl (C=O) groups is 1. The third-order valence-electron chi connectivity index (χ3n) is 3.69. The van der Waals surface area contributed by atoms with Crippen molar-refractivity contribution in [1.82, 2.24) is 9.97 Å². The number of nitrogens with zero attached hydrogens (tertiary/aromatic N) is 2. The van der Waals surface area contributed by atoms with E-state index in [9.17, 15) is 4.79 Å². The summed E-state index contributed by atoms with van der Waals surface area (Å²) in [6, 6.07) is 15.2. The molecule has 0 aliphatic carbocycles. The van der Waals surface area contributed by atoms with E-state index in [1.807, 2.05) is 49.4 Å². The molecule has 0 saturated carbocycles. The highest BCUT2D eigenvalue weighted by Crippen LogP contribution is 2.24. The number of hydrogen-bond acceptors (Lipinski definition) is 4. The van der Waals surface area contributed by atoms with Gasteiger partial charge in [-0.05, 0) is 37.3 Å². The lowest BCUT2D eigenvalue weighted by atomic mass is 10.1. The summed E-state index contributed by atoms with van der Waals surface area (Å²) in [7, 11) is 0. The molecule has 0 saturated heterocycles. The van der Waals surface area contributed by atoms with E-state index in [0.29, 0.717) is 5.56 Å². The molecule has 0 radical (unpaired) electrons. The third-order valence-corrected chi connectivity index (χ3v) is 4.48. The van der Waals surface area contributed by atoms with Gasteiger partial charge in [0, 0.05) is 16.6 Å². The van der Waals surface area contributed by atoms with Crippen LogP contribution in [-0.4, -0.2) is 15.9 Å². The molecular formula is C18H13N3OS. The molecule has 2 heterocycles. The monoisotopic (exact) mass is 319 g/mol. The maximum Gasteiger partial charge on any atom is 0.255 e. The number of rotatable bonds is 2. The zero-order valence-corrected chi connectivity index (χ0v) is 13.2. The van der Waals surface area contributed by atoms with E-state index < -0.39 is 0 Å². The van der Waals surface area contributed by atoms with Crippen LogP contribution in [0.2, 0.25) is 0 Å². The maximum atomic E-state index is 12.6. The van der Waals surface area contributed by atoms with Gasteiger partial charge in [0.1, 0.15) is 0 Å². The van der Waals surface area contributed by atoms with E-state index in [0.717, 1.165) is 32.5 Å². The van der Waals surface area contributed by atoms with Crippen LogP contribution in [0.1, 0.15) is 16.1 Å². The molecule has 0 aliphatic rings. The van der Waals surface area contributed by atoms with Crippen LogP contribution in [0.5, 0.6) is 0 Å². The zero-order valence-electron chi connectivity index (χ0n) is 12.4. The molecule has 4 nitrogen and oxygen atoms in total. The summed E-state index contributed by atoms with van der Waals surface area (Å²) < 4.78 is 1.01. The number of para-hydroxylation sites is 1. The van der Waals surface area contributed by atoms with Crippen molar-refractivity contribution in [2.24, 2.45) is 0 Å². The molecule has 0 bridgehead atoms. The first-order valence-corrected chi connectivity index (χ1v) is 8.10. The molecule has 23 heavy (non-hydrogen) atoms. The van der Waals surface area contributed by atoms with Gasteiger partial charge in [-0.3, -0.25) is 9.78 Å². The van der Waals surface area contributed by atoms with Crippen LogP contribution in [-0.2, 0) is 0 Å². The summed E-state index contributed by atoms with van der Waals surface area (Å²) in [5.41, 5.74) is 5.85. The normalized spacial score (nSPS) is 11.0. The van der Waals surface area contributed by atoms with Crippen molar-refractivity contribution in [2.75, 3.05) is 5.32 Å². The quantitative estimate of drug-likeness (QED) is 0.595. The molecule has 4 aromatic rings. The van der Waals surface area contributed by atoms with E-state index in [1.54, 1.807) is 11.6 Å². The van der Waals surface area contributed by atoms with Gasteiger partial charge in [0.25, 0.3) is 5.91 Å². The fourth-order valence-electron chi connectivity index (χ4n) is 2.60. The van der Waals surface area contributed by atoms with E-state index in [-0.39, 0.29) is 5.91 Å². The van der Waals surface area contributed by atoms with Gasteiger partial charge in [-0.1, -0.05) is 18.2 Å². The second-order valence-electron chi connectivity index (χ2n) is 5.32. The van der Waals surface area contributed by atoms with Crippen LogP contribution in [0.4, 0.5) is 5.69 Å². The summed E-state index contributed by atoms with van der Waals surface area (Å²) in [5, 5.41) is 3.94. The smallest absolute Gasteiger partial charge is 0.255 e. The van der Waals surface area contributed by atoms with Gasteiger partial charge in [0.15, 0.2) is 0 Å². The van der Waals surface area contributed by atoms with Crippen LogP contribution >= 0.6 is 11.3 Å². The number of aryl methyl sites for hydroxylation is 1. The first-order valence-electron chi connectivity index (χ1n) is 7.22. The van der Waals surface area contributed by atoms with Crippen LogP contribution in [0.3, 0.4) is 0 Å². The Kier molecular flexibility index (Phi) is 3.28. The number of hydrogen-bond donors (Lipinski definition) is 1. The summed E-state index contributed by atoms with van der Waals surface area (Å²) in [5.74, 6) is -0.129. The molecule has 112 valence electrons. The highest BCUT2D eigenvalue weighted by Gasteiger charge is 2.11. The summed E-state index contributed by atoms with van der Waals surface area (Å²) in [6.45, 7) is 1.92. The SMILES string of the molecule is Cc1cc(NC(=O)c2ccc3ncsc3c2)c2ccccc2n1. The highest BCUT2D eigenvalue weighted by atomic mass is 32.1. The first-order chi connectivity index (χ1) is 11.2. The van der Waals surface area contributed by atoms with E-state index in [2.05, 4.69) is 15.3 Å². The Morgan fingerprint density at radius 2 is 1.96 bits per heavy atom. The summed E-state index contributed by atoms with van der Waals surface area (Å²) in [6.07, 6.45) is 0. The Morgan fingerprint density at radius 1 is 1.09 bits per heavy atom. The van der Waals surface area contributed by atoms with Crippen LogP contribution in [0.25, 0.3) is 21.1 Å². The van der Waals surface area contributed by atoms with Crippen LogP contribution in [0.15, 0.2) is 54.0 Å². The van der Waals surface area contributed by atoms with Crippen molar-refractivity contribution in [3.8, 4) is 0 Å². The fraction of sp³-hybridized carbons (Fsp3) is 0.0556. The number of carbonyl (C=O) groups excluding carboxylic acids is 1. The van der Waals surface area contributed by atoms with Crippen molar-refractivity contribution < 1.29 is 4.79 Å². The molecule has 0 atom stereocenters. The lowest BCUT2D eigenvalue weighted by Crippen LogP contribution is -2.12. The fourth-order valence-corrected chi connectivity index (χ4v) is 3.32. The Bertz CT molecular complexity index is 1040. The van der Waals surface area contributed by atoms with Gasteiger partial charge >= 0.3 is 0 Å². The van der Waals surface area contributed by atoms with Crippen LogP contribution < -0.4 is 5.32 Å². The van der Waals surface area contributed by atoms with E-state index >= 15 is 0 Å². The minimum absolute atomic E-state index is 0.129. The molecule has 2 aromatic heterocycles. The van der Waals surface area contributed by atoms with Crippen molar-refractivity contribution in [3.05, 3.63) is 65.3 Å². The van der Waals surface area contributed by atoms with E-state index in [4.69, 9.17) is 0 Å². The van der Waals surface area contributed by atoms with Gasteiger partial charge in [-0.2, -0.15) is 0 Å². The Hall–Kier alpha value is -2.79. The first kappa shape index (κ1) is 13.8. The summed E-state index contributed by atoms with van der Waals surface area (Å²) >= 11 is 1.53. The minimum atomic E-state index is -0.129. The maximum absolute atomic E-state index is 12.6. The number of thiazole rings is 1. The Labute approximate surface area is 136 Å². The number of anilines is 1. The Morgan fingerprint density at radius 3 is 2.87 bits per heavy atom. The van der Waals surface area contributed by atoms with Gasteiger partial charge in [0.05, 0.1) is 26.9 Å². The molecule has 0 spiro atoms.